The number of hydrogen-bond acceptors (Lipinski definition) is 4. The van der Waals surface area contributed by atoms with Crippen LogP contribution in [0, 0.1) is 12.8 Å². The molecule has 1 aliphatic carbocycles. The first kappa shape index (κ1) is 14.1. The van der Waals surface area contributed by atoms with Crippen LogP contribution in [0.25, 0.3) is 0 Å². The molecule has 1 N–H and O–H groups in total. The summed E-state index contributed by atoms with van der Waals surface area (Å²) in [5.74, 6) is -0.904. The Labute approximate surface area is 118 Å². The van der Waals surface area contributed by atoms with E-state index >= 15 is 0 Å². The van der Waals surface area contributed by atoms with Crippen LogP contribution >= 0.6 is 0 Å². The molecule has 0 aromatic carbocycles. The van der Waals surface area contributed by atoms with Crippen molar-refractivity contribution in [2.45, 2.75) is 38.1 Å². The number of furan rings is 1. The number of carbonyl (C=O) groups excluding carboxylic acids is 1. The number of amides is 1. The number of aryl methyl sites for hydroxylation is 1. The molecule has 0 saturated heterocycles. The van der Waals surface area contributed by atoms with Crippen molar-refractivity contribution in [3.05, 3.63) is 23.7 Å². The van der Waals surface area contributed by atoms with Crippen molar-refractivity contribution < 1.29 is 27.5 Å². The molecule has 3 rings (SSSR count). The summed E-state index contributed by atoms with van der Waals surface area (Å²) in [6, 6.07) is 1.26. The van der Waals surface area contributed by atoms with Gasteiger partial charge in [-0.1, -0.05) is 0 Å². The number of alkyl halides is 3. The van der Waals surface area contributed by atoms with Gasteiger partial charge >= 0.3 is 6.18 Å². The van der Waals surface area contributed by atoms with Gasteiger partial charge in [0, 0.05) is 12.1 Å². The van der Waals surface area contributed by atoms with Gasteiger partial charge in [0.25, 0.3) is 11.6 Å². The van der Waals surface area contributed by atoms with Gasteiger partial charge in [-0.2, -0.15) is 23.3 Å². The summed E-state index contributed by atoms with van der Waals surface area (Å²) in [5, 5.41) is 13.9. The lowest BCUT2D eigenvalue weighted by Crippen LogP contribution is -2.56. The van der Waals surface area contributed by atoms with E-state index in [1.54, 1.807) is 0 Å². The SMILES string of the molecule is Cc1occc1C(=O)N1N=C(C2CC2)C[C@@]1(O)C(F)(F)F. The summed E-state index contributed by atoms with van der Waals surface area (Å²) in [4.78, 5) is 12.3. The Morgan fingerprint density at radius 2 is 2.19 bits per heavy atom. The van der Waals surface area contributed by atoms with E-state index in [-0.39, 0.29) is 28.0 Å². The Kier molecular flexibility index (Phi) is 2.91. The molecular weight excluding hydrogens is 289 g/mol. The third-order valence-electron chi connectivity index (χ3n) is 3.79. The minimum absolute atomic E-state index is 0.0431. The molecule has 0 unspecified atom stereocenters. The first-order valence-corrected chi connectivity index (χ1v) is 6.49. The van der Waals surface area contributed by atoms with Gasteiger partial charge in [-0.25, -0.2) is 0 Å². The van der Waals surface area contributed by atoms with Crippen LogP contribution in [-0.2, 0) is 0 Å². The fraction of sp³-hybridized carbons (Fsp3) is 0.538. The average molecular weight is 302 g/mol. The first-order chi connectivity index (χ1) is 9.74. The second-order valence-electron chi connectivity index (χ2n) is 5.36. The molecule has 8 heteroatoms. The first-order valence-electron chi connectivity index (χ1n) is 6.49. The largest absolute Gasteiger partial charge is 0.469 e. The summed E-state index contributed by atoms with van der Waals surface area (Å²) in [7, 11) is 0. The molecule has 1 amide bonds. The summed E-state index contributed by atoms with van der Waals surface area (Å²) >= 11 is 0. The van der Waals surface area contributed by atoms with E-state index in [9.17, 15) is 23.1 Å². The molecule has 1 aromatic heterocycles. The topological polar surface area (TPSA) is 66.0 Å². The smallest absolute Gasteiger partial charge is 0.438 e. The molecule has 21 heavy (non-hydrogen) atoms. The highest BCUT2D eigenvalue weighted by Crippen LogP contribution is 2.45. The van der Waals surface area contributed by atoms with Crippen LogP contribution < -0.4 is 0 Å². The zero-order valence-corrected chi connectivity index (χ0v) is 11.1. The Morgan fingerprint density at radius 1 is 1.52 bits per heavy atom. The summed E-state index contributed by atoms with van der Waals surface area (Å²) in [5.41, 5.74) is -3.10. The zero-order chi connectivity index (χ0) is 15.4. The maximum Gasteiger partial charge on any atom is 0.438 e. The van der Waals surface area contributed by atoms with Crippen molar-refractivity contribution >= 4 is 11.6 Å². The Balaban J connectivity index is 1.99. The monoisotopic (exact) mass is 302 g/mol. The predicted octanol–water partition coefficient (Wildman–Crippen LogP) is 2.45. The van der Waals surface area contributed by atoms with E-state index in [0.29, 0.717) is 0 Å². The van der Waals surface area contributed by atoms with Gasteiger partial charge in [0.15, 0.2) is 0 Å². The highest BCUT2D eigenvalue weighted by Gasteiger charge is 2.64. The minimum Gasteiger partial charge on any atom is -0.469 e. The molecule has 0 spiro atoms. The number of rotatable bonds is 2. The molecule has 1 fully saturated rings. The van der Waals surface area contributed by atoms with Crippen LogP contribution in [0.15, 0.2) is 21.8 Å². The maximum absolute atomic E-state index is 13.2. The minimum atomic E-state index is -4.99. The van der Waals surface area contributed by atoms with E-state index < -0.39 is 24.2 Å². The quantitative estimate of drug-likeness (QED) is 0.912. The highest BCUT2D eigenvalue weighted by molar-refractivity contribution is 5.99. The standard InChI is InChI=1S/C13H13F3N2O3/c1-7-9(4-5-21-7)11(19)18-12(20,13(14,15)16)6-10(17-18)8-2-3-8/h4-5,8,20H,2-3,6H2,1H3/t12-/m1/s1. The second-order valence-corrected chi connectivity index (χ2v) is 5.36. The fourth-order valence-electron chi connectivity index (χ4n) is 2.37. The van der Waals surface area contributed by atoms with Crippen molar-refractivity contribution in [1.29, 1.82) is 0 Å². The Bertz CT molecular complexity index is 618. The van der Waals surface area contributed by atoms with Crippen LogP contribution in [0.2, 0.25) is 0 Å². The van der Waals surface area contributed by atoms with E-state index in [1.165, 1.54) is 19.3 Å². The number of hydrogen-bond donors (Lipinski definition) is 1. The fourth-order valence-corrected chi connectivity index (χ4v) is 2.37. The second kappa shape index (κ2) is 4.33. The molecule has 0 radical (unpaired) electrons. The van der Waals surface area contributed by atoms with Gasteiger partial charge in [-0.05, 0) is 31.7 Å². The molecule has 2 aliphatic rings. The lowest BCUT2D eigenvalue weighted by Gasteiger charge is -2.32. The van der Waals surface area contributed by atoms with Gasteiger partial charge in [0.1, 0.15) is 5.76 Å². The molecular formula is C13H13F3N2O3. The van der Waals surface area contributed by atoms with Crippen LogP contribution in [0.5, 0.6) is 0 Å². The van der Waals surface area contributed by atoms with Crippen LogP contribution in [-0.4, -0.2) is 33.6 Å². The lowest BCUT2D eigenvalue weighted by atomic mass is 10.0. The normalized spacial score (nSPS) is 26.1. The predicted molar refractivity (Wildman–Crippen MR) is 65.4 cm³/mol. The zero-order valence-electron chi connectivity index (χ0n) is 11.1. The van der Waals surface area contributed by atoms with Crippen molar-refractivity contribution in [2.24, 2.45) is 11.0 Å². The number of carbonyl (C=O) groups is 1. The van der Waals surface area contributed by atoms with Crippen molar-refractivity contribution in [1.82, 2.24) is 5.01 Å². The van der Waals surface area contributed by atoms with E-state index in [4.69, 9.17) is 4.42 Å². The van der Waals surface area contributed by atoms with Gasteiger partial charge in [0.2, 0.25) is 0 Å². The van der Waals surface area contributed by atoms with Crippen molar-refractivity contribution in [2.75, 3.05) is 0 Å². The van der Waals surface area contributed by atoms with E-state index in [2.05, 4.69) is 5.10 Å². The molecule has 5 nitrogen and oxygen atoms in total. The number of halogens is 3. The molecule has 1 atom stereocenters. The van der Waals surface area contributed by atoms with Crippen LogP contribution in [0.4, 0.5) is 13.2 Å². The molecule has 1 aliphatic heterocycles. The van der Waals surface area contributed by atoms with Crippen molar-refractivity contribution in [3.8, 4) is 0 Å². The van der Waals surface area contributed by atoms with Gasteiger partial charge in [0.05, 0.1) is 11.8 Å². The molecule has 1 aromatic rings. The lowest BCUT2D eigenvalue weighted by molar-refractivity contribution is -0.297. The molecule has 2 heterocycles. The third-order valence-corrected chi connectivity index (χ3v) is 3.79. The summed E-state index contributed by atoms with van der Waals surface area (Å²) in [6.07, 6.45) is -3.00. The number of nitrogens with zero attached hydrogens (tertiary/aromatic N) is 2. The van der Waals surface area contributed by atoms with E-state index in [1.807, 2.05) is 0 Å². The number of aliphatic hydroxyl groups is 1. The molecule has 114 valence electrons. The van der Waals surface area contributed by atoms with Gasteiger partial charge in [-0.15, -0.1) is 0 Å². The van der Waals surface area contributed by atoms with Crippen LogP contribution in [0.3, 0.4) is 0 Å². The van der Waals surface area contributed by atoms with Gasteiger partial charge in [-0.3, -0.25) is 4.79 Å². The van der Waals surface area contributed by atoms with Crippen molar-refractivity contribution in [3.63, 3.8) is 0 Å². The third kappa shape index (κ3) is 2.14. The van der Waals surface area contributed by atoms with Gasteiger partial charge < -0.3 is 9.52 Å². The summed E-state index contributed by atoms with van der Waals surface area (Å²) in [6.45, 7) is 1.46. The van der Waals surface area contributed by atoms with Crippen LogP contribution in [0.1, 0.15) is 35.4 Å². The number of hydrazone groups is 1. The molecule has 1 saturated carbocycles. The van der Waals surface area contributed by atoms with E-state index in [0.717, 1.165) is 12.8 Å². The Hall–Kier alpha value is -1.83. The maximum atomic E-state index is 13.2. The average Bonchev–Trinajstić information content (AvgIpc) is 3.05. The highest BCUT2D eigenvalue weighted by atomic mass is 19.4. The summed E-state index contributed by atoms with van der Waals surface area (Å²) < 4.78 is 44.6. The Morgan fingerprint density at radius 3 is 2.67 bits per heavy atom. The molecule has 0 bridgehead atoms.